The van der Waals surface area contributed by atoms with Crippen molar-refractivity contribution in [2.24, 2.45) is 11.8 Å². The first-order valence-corrected chi connectivity index (χ1v) is 8.38. The number of urea groups is 1. The van der Waals surface area contributed by atoms with Gasteiger partial charge in [0.1, 0.15) is 0 Å². The lowest BCUT2D eigenvalue weighted by molar-refractivity contribution is -0.143. The normalized spacial score (nSPS) is 36.4. The Bertz CT molecular complexity index is 426. The van der Waals surface area contributed by atoms with Gasteiger partial charge in [0.2, 0.25) is 0 Å². The number of nitrogens with zero attached hydrogens (tertiary/aromatic N) is 2. The average molecular weight is 294 g/mol. The van der Waals surface area contributed by atoms with Crippen molar-refractivity contribution in [3.63, 3.8) is 0 Å². The maximum Gasteiger partial charge on any atom is 0.320 e. The van der Waals surface area contributed by atoms with E-state index in [0.717, 1.165) is 19.4 Å². The number of carboxylic acid groups (broad SMARTS) is 1. The van der Waals surface area contributed by atoms with Crippen LogP contribution in [0.4, 0.5) is 4.79 Å². The van der Waals surface area contributed by atoms with Gasteiger partial charge in [0.05, 0.1) is 5.92 Å². The maximum absolute atomic E-state index is 12.8. The van der Waals surface area contributed by atoms with Gasteiger partial charge in [0, 0.05) is 25.2 Å². The lowest BCUT2D eigenvalue weighted by atomic mass is 9.85. The van der Waals surface area contributed by atoms with Crippen LogP contribution >= 0.6 is 0 Å². The molecule has 3 fully saturated rings. The molecule has 1 N–H and O–H groups in total. The van der Waals surface area contributed by atoms with Crippen LogP contribution in [0.25, 0.3) is 0 Å². The van der Waals surface area contributed by atoms with Gasteiger partial charge in [0.15, 0.2) is 0 Å². The summed E-state index contributed by atoms with van der Waals surface area (Å²) in [4.78, 5) is 28.0. The van der Waals surface area contributed by atoms with E-state index in [1.54, 1.807) is 0 Å². The molecule has 2 heterocycles. The Morgan fingerprint density at radius 2 is 1.71 bits per heavy atom. The number of hydrogen-bond acceptors (Lipinski definition) is 2. The number of fused-ring (bicyclic) bond motifs is 1. The van der Waals surface area contributed by atoms with Crippen LogP contribution in [0.1, 0.15) is 51.9 Å². The summed E-state index contributed by atoms with van der Waals surface area (Å²) in [6.07, 6.45) is 7.29. The average Bonchev–Trinajstić information content (AvgIpc) is 2.90. The highest BCUT2D eigenvalue weighted by Crippen LogP contribution is 2.37. The molecule has 21 heavy (non-hydrogen) atoms. The molecule has 4 unspecified atom stereocenters. The summed E-state index contributed by atoms with van der Waals surface area (Å²) in [6.45, 7) is 3.46. The van der Waals surface area contributed by atoms with E-state index in [1.165, 1.54) is 19.3 Å². The number of amides is 2. The van der Waals surface area contributed by atoms with E-state index in [0.29, 0.717) is 31.3 Å². The van der Waals surface area contributed by atoms with E-state index in [1.807, 2.05) is 11.8 Å². The third kappa shape index (κ3) is 2.74. The topological polar surface area (TPSA) is 60.9 Å². The lowest BCUT2D eigenvalue weighted by Crippen LogP contribution is -2.53. The number of piperidine rings is 1. The first-order valence-electron chi connectivity index (χ1n) is 8.38. The highest BCUT2D eigenvalue weighted by atomic mass is 16.4. The van der Waals surface area contributed by atoms with Gasteiger partial charge in [-0.1, -0.05) is 12.8 Å². The highest BCUT2D eigenvalue weighted by molar-refractivity contribution is 5.76. The number of aliphatic carboxylic acids is 1. The molecule has 0 aromatic rings. The van der Waals surface area contributed by atoms with E-state index < -0.39 is 5.97 Å². The molecular formula is C16H26N2O3. The molecule has 0 spiro atoms. The number of carboxylic acids is 1. The van der Waals surface area contributed by atoms with Gasteiger partial charge in [0.25, 0.3) is 0 Å². The van der Waals surface area contributed by atoms with Crippen LogP contribution in [0.5, 0.6) is 0 Å². The molecule has 0 radical (unpaired) electrons. The fourth-order valence-corrected chi connectivity index (χ4v) is 4.49. The summed E-state index contributed by atoms with van der Waals surface area (Å²) in [5.41, 5.74) is 0. The molecule has 1 aliphatic carbocycles. The van der Waals surface area contributed by atoms with Crippen molar-refractivity contribution in [2.45, 2.75) is 64.0 Å². The molecule has 118 valence electrons. The number of likely N-dealkylation sites (tertiary alicyclic amines) is 2. The third-order valence-electron chi connectivity index (χ3n) is 5.73. The van der Waals surface area contributed by atoms with E-state index >= 15 is 0 Å². The summed E-state index contributed by atoms with van der Waals surface area (Å²) >= 11 is 0. The first kappa shape index (κ1) is 14.7. The Morgan fingerprint density at radius 1 is 1.00 bits per heavy atom. The van der Waals surface area contributed by atoms with Gasteiger partial charge in [-0.3, -0.25) is 4.79 Å². The Labute approximate surface area is 126 Å². The zero-order chi connectivity index (χ0) is 15.0. The Morgan fingerprint density at radius 3 is 2.43 bits per heavy atom. The van der Waals surface area contributed by atoms with Gasteiger partial charge >= 0.3 is 12.0 Å². The predicted molar refractivity (Wildman–Crippen MR) is 79.0 cm³/mol. The summed E-state index contributed by atoms with van der Waals surface area (Å²) in [6, 6.07) is 0.631. The molecule has 5 heteroatoms. The third-order valence-corrected chi connectivity index (χ3v) is 5.73. The van der Waals surface area contributed by atoms with Gasteiger partial charge in [-0.15, -0.1) is 0 Å². The smallest absolute Gasteiger partial charge is 0.320 e. The number of carbonyl (C=O) groups is 2. The van der Waals surface area contributed by atoms with Crippen molar-refractivity contribution in [2.75, 3.05) is 13.1 Å². The van der Waals surface area contributed by atoms with Crippen molar-refractivity contribution in [1.29, 1.82) is 0 Å². The number of rotatable bonds is 1. The van der Waals surface area contributed by atoms with Crippen LogP contribution in [0.15, 0.2) is 0 Å². The number of carbonyl (C=O) groups excluding carboxylic acids is 1. The molecular weight excluding hydrogens is 268 g/mol. The van der Waals surface area contributed by atoms with Gasteiger partial charge in [-0.25, -0.2) is 4.79 Å². The highest BCUT2D eigenvalue weighted by Gasteiger charge is 2.42. The molecule has 0 aromatic heterocycles. The molecule has 4 atom stereocenters. The van der Waals surface area contributed by atoms with Crippen molar-refractivity contribution in [3.05, 3.63) is 0 Å². The Hall–Kier alpha value is -1.26. The second-order valence-electron chi connectivity index (χ2n) is 6.98. The molecule has 3 aliphatic rings. The molecule has 5 nitrogen and oxygen atoms in total. The second-order valence-corrected chi connectivity index (χ2v) is 6.98. The van der Waals surface area contributed by atoms with Crippen molar-refractivity contribution in [1.82, 2.24) is 9.80 Å². The predicted octanol–water partition coefficient (Wildman–Crippen LogP) is 2.56. The van der Waals surface area contributed by atoms with Gasteiger partial charge in [-0.2, -0.15) is 0 Å². The van der Waals surface area contributed by atoms with E-state index in [4.69, 9.17) is 5.11 Å². The molecule has 1 saturated carbocycles. The summed E-state index contributed by atoms with van der Waals surface area (Å²) in [7, 11) is 0. The van der Waals surface area contributed by atoms with Crippen LogP contribution < -0.4 is 0 Å². The minimum absolute atomic E-state index is 0.0370. The van der Waals surface area contributed by atoms with Crippen molar-refractivity contribution >= 4 is 12.0 Å². The van der Waals surface area contributed by atoms with E-state index in [9.17, 15) is 9.59 Å². The van der Waals surface area contributed by atoms with Crippen LogP contribution in [-0.4, -0.2) is 52.1 Å². The maximum atomic E-state index is 12.8. The number of hydrogen-bond donors (Lipinski definition) is 1. The molecule has 2 amide bonds. The van der Waals surface area contributed by atoms with Crippen molar-refractivity contribution < 1.29 is 14.7 Å². The van der Waals surface area contributed by atoms with E-state index in [2.05, 4.69) is 4.90 Å². The lowest BCUT2D eigenvalue weighted by Gasteiger charge is -2.41. The monoisotopic (exact) mass is 294 g/mol. The largest absolute Gasteiger partial charge is 0.481 e. The van der Waals surface area contributed by atoms with Gasteiger partial charge < -0.3 is 14.9 Å². The van der Waals surface area contributed by atoms with Crippen molar-refractivity contribution in [3.8, 4) is 0 Å². The van der Waals surface area contributed by atoms with Crippen LogP contribution in [-0.2, 0) is 4.79 Å². The Balaban J connectivity index is 1.64. The molecule has 0 bridgehead atoms. The second kappa shape index (κ2) is 5.85. The minimum atomic E-state index is -0.720. The summed E-state index contributed by atoms with van der Waals surface area (Å²) in [5, 5.41) is 9.13. The van der Waals surface area contributed by atoms with Gasteiger partial charge in [-0.05, 0) is 44.9 Å². The fourth-order valence-electron chi connectivity index (χ4n) is 4.49. The Kier molecular flexibility index (Phi) is 4.09. The fraction of sp³-hybridized carbons (Fsp3) is 0.875. The molecule has 2 aliphatic heterocycles. The van der Waals surface area contributed by atoms with E-state index in [-0.39, 0.29) is 18.0 Å². The SMILES string of the molecule is CC1CC(C(=O)O)CCN1C(=O)N1CCC2CCCCC21. The zero-order valence-electron chi connectivity index (χ0n) is 12.8. The van der Waals surface area contributed by atoms with Crippen LogP contribution in [0.3, 0.4) is 0 Å². The molecule has 2 saturated heterocycles. The zero-order valence-corrected chi connectivity index (χ0v) is 12.8. The quantitative estimate of drug-likeness (QED) is 0.808. The molecule has 3 rings (SSSR count). The minimum Gasteiger partial charge on any atom is -0.481 e. The summed E-state index contributed by atoms with van der Waals surface area (Å²) in [5.74, 6) is -0.304. The van der Waals surface area contributed by atoms with Crippen LogP contribution in [0, 0.1) is 11.8 Å². The summed E-state index contributed by atoms with van der Waals surface area (Å²) < 4.78 is 0. The van der Waals surface area contributed by atoms with Crippen LogP contribution in [0.2, 0.25) is 0 Å². The molecule has 0 aromatic carbocycles. The standard InChI is InChI=1S/C16H26N2O3/c1-11-10-13(15(19)20)7-8-17(11)16(21)18-9-6-12-4-2-3-5-14(12)18/h11-14H,2-10H2,1H3,(H,19,20). The first-order chi connectivity index (χ1) is 10.1.